The quantitative estimate of drug-likeness (QED) is 0.489. The SMILES string of the molecule is Cc1ncsc1CN(C)Cc1cccc(C(=O)NN)n1. The molecular weight excluding hydrogens is 274 g/mol. The molecule has 0 fully saturated rings. The molecule has 2 heterocycles. The van der Waals surface area contributed by atoms with E-state index in [0.29, 0.717) is 12.2 Å². The molecule has 0 aliphatic rings. The number of aromatic nitrogens is 2. The van der Waals surface area contributed by atoms with Crippen molar-refractivity contribution in [3.05, 3.63) is 45.7 Å². The van der Waals surface area contributed by atoms with Crippen LogP contribution in [0.1, 0.15) is 26.8 Å². The second-order valence-corrected chi connectivity index (χ2v) is 5.46. The smallest absolute Gasteiger partial charge is 0.283 e. The zero-order valence-corrected chi connectivity index (χ0v) is 12.3. The molecule has 7 heteroatoms. The van der Waals surface area contributed by atoms with Crippen LogP contribution in [0, 0.1) is 6.92 Å². The second kappa shape index (κ2) is 6.56. The van der Waals surface area contributed by atoms with Gasteiger partial charge in [0, 0.05) is 18.0 Å². The average molecular weight is 291 g/mol. The summed E-state index contributed by atoms with van der Waals surface area (Å²) in [5, 5.41) is 0. The van der Waals surface area contributed by atoms with Gasteiger partial charge in [0.05, 0.1) is 16.9 Å². The van der Waals surface area contributed by atoms with E-state index in [0.717, 1.165) is 17.9 Å². The summed E-state index contributed by atoms with van der Waals surface area (Å²) < 4.78 is 0. The average Bonchev–Trinajstić information content (AvgIpc) is 2.83. The minimum absolute atomic E-state index is 0.326. The molecule has 0 saturated carbocycles. The second-order valence-electron chi connectivity index (χ2n) is 4.52. The molecule has 0 bridgehead atoms. The van der Waals surface area contributed by atoms with Crippen LogP contribution in [0.15, 0.2) is 23.7 Å². The lowest BCUT2D eigenvalue weighted by Gasteiger charge is -2.15. The first-order valence-electron chi connectivity index (χ1n) is 6.14. The highest BCUT2D eigenvalue weighted by atomic mass is 32.1. The Kier molecular flexibility index (Phi) is 4.78. The number of nitrogen functional groups attached to an aromatic ring is 1. The van der Waals surface area contributed by atoms with Crippen molar-refractivity contribution < 1.29 is 4.79 Å². The highest BCUT2D eigenvalue weighted by molar-refractivity contribution is 7.09. The van der Waals surface area contributed by atoms with Gasteiger partial charge in [0.25, 0.3) is 5.91 Å². The third kappa shape index (κ3) is 3.60. The minimum Gasteiger partial charge on any atom is -0.295 e. The fourth-order valence-electron chi connectivity index (χ4n) is 1.82. The van der Waals surface area contributed by atoms with Crippen LogP contribution >= 0.6 is 11.3 Å². The number of amides is 1. The van der Waals surface area contributed by atoms with Gasteiger partial charge < -0.3 is 0 Å². The van der Waals surface area contributed by atoms with Crippen LogP contribution in [0.4, 0.5) is 0 Å². The number of hydrogen-bond donors (Lipinski definition) is 2. The molecule has 20 heavy (non-hydrogen) atoms. The number of nitrogens with two attached hydrogens (primary N) is 1. The Morgan fingerprint density at radius 3 is 2.90 bits per heavy atom. The molecule has 2 aromatic heterocycles. The number of pyridine rings is 1. The lowest BCUT2D eigenvalue weighted by atomic mass is 10.2. The number of nitrogens with zero attached hydrogens (tertiary/aromatic N) is 3. The molecule has 0 unspecified atom stereocenters. The zero-order valence-electron chi connectivity index (χ0n) is 11.5. The molecule has 0 aromatic carbocycles. The van der Waals surface area contributed by atoms with E-state index in [1.807, 2.05) is 25.5 Å². The van der Waals surface area contributed by atoms with Crippen molar-refractivity contribution in [2.75, 3.05) is 7.05 Å². The molecule has 0 spiro atoms. The van der Waals surface area contributed by atoms with Crippen LogP contribution in [0.3, 0.4) is 0 Å². The lowest BCUT2D eigenvalue weighted by Crippen LogP contribution is -2.31. The van der Waals surface area contributed by atoms with Gasteiger partial charge in [-0.15, -0.1) is 11.3 Å². The van der Waals surface area contributed by atoms with E-state index in [9.17, 15) is 4.79 Å². The van der Waals surface area contributed by atoms with Gasteiger partial charge in [0.2, 0.25) is 0 Å². The van der Waals surface area contributed by atoms with Crippen molar-refractivity contribution >= 4 is 17.2 Å². The normalized spacial score (nSPS) is 10.8. The van der Waals surface area contributed by atoms with Crippen LogP contribution in [0.5, 0.6) is 0 Å². The fourth-order valence-corrected chi connectivity index (χ4v) is 2.68. The van der Waals surface area contributed by atoms with Gasteiger partial charge in [0.1, 0.15) is 5.69 Å². The summed E-state index contributed by atoms with van der Waals surface area (Å²) in [6.07, 6.45) is 0. The van der Waals surface area contributed by atoms with E-state index in [1.54, 1.807) is 23.5 Å². The Bertz CT molecular complexity index is 598. The maximum Gasteiger partial charge on any atom is 0.283 e. The van der Waals surface area contributed by atoms with E-state index in [1.165, 1.54) is 4.88 Å². The van der Waals surface area contributed by atoms with Crippen molar-refractivity contribution in [3.63, 3.8) is 0 Å². The topological polar surface area (TPSA) is 84.1 Å². The monoisotopic (exact) mass is 291 g/mol. The number of hydrazine groups is 1. The first-order chi connectivity index (χ1) is 9.60. The van der Waals surface area contributed by atoms with Crippen molar-refractivity contribution in [2.24, 2.45) is 5.84 Å². The van der Waals surface area contributed by atoms with Crippen LogP contribution < -0.4 is 11.3 Å². The minimum atomic E-state index is -0.382. The standard InChI is InChI=1S/C13H17N5OS/c1-9-12(20-8-15-9)7-18(2)6-10-4-3-5-11(16-10)13(19)17-14/h3-5,8H,6-7,14H2,1-2H3,(H,17,19). The highest BCUT2D eigenvalue weighted by Gasteiger charge is 2.09. The molecule has 6 nitrogen and oxygen atoms in total. The van der Waals surface area contributed by atoms with E-state index in [4.69, 9.17) is 5.84 Å². The van der Waals surface area contributed by atoms with Crippen molar-refractivity contribution in [2.45, 2.75) is 20.0 Å². The van der Waals surface area contributed by atoms with Crippen molar-refractivity contribution in [1.29, 1.82) is 0 Å². The van der Waals surface area contributed by atoms with E-state index < -0.39 is 0 Å². The molecule has 0 saturated heterocycles. The number of rotatable bonds is 5. The Morgan fingerprint density at radius 1 is 1.45 bits per heavy atom. The summed E-state index contributed by atoms with van der Waals surface area (Å²) in [5.41, 5.74) is 6.15. The predicted octanol–water partition coefficient (Wildman–Crippen LogP) is 1.08. The number of aryl methyl sites for hydroxylation is 1. The summed E-state index contributed by atoms with van der Waals surface area (Å²) in [5.74, 6) is 4.73. The van der Waals surface area contributed by atoms with E-state index >= 15 is 0 Å². The highest BCUT2D eigenvalue weighted by Crippen LogP contribution is 2.15. The van der Waals surface area contributed by atoms with Crippen molar-refractivity contribution in [3.8, 4) is 0 Å². The van der Waals surface area contributed by atoms with Crippen LogP contribution in [-0.2, 0) is 13.1 Å². The number of carbonyl (C=O) groups excluding carboxylic acids is 1. The molecule has 3 N–H and O–H groups in total. The first-order valence-corrected chi connectivity index (χ1v) is 7.02. The summed E-state index contributed by atoms with van der Waals surface area (Å²) in [4.78, 5) is 23.3. The van der Waals surface area contributed by atoms with E-state index in [-0.39, 0.29) is 5.91 Å². The van der Waals surface area contributed by atoms with Crippen LogP contribution in [0.25, 0.3) is 0 Å². The number of thiazole rings is 1. The Labute approximate surface area is 121 Å². The number of hydrogen-bond acceptors (Lipinski definition) is 6. The molecular formula is C13H17N5OS. The Morgan fingerprint density at radius 2 is 2.25 bits per heavy atom. The van der Waals surface area contributed by atoms with Crippen molar-refractivity contribution in [1.82, 2.24) is 20.3 Å². The lowest BCUT2D eigenvalue weighted by molar-refractivity contribution is 0.0948. The van der Waals surface area contributed by atoms with Gasteiger partial charge in [0.15, 0.2) is 0 Å². The molecule has 106 valence electrons. The number of carbonyl (C=O) groups is 1. The number of nitrogens with one attached hydrogen (secondary N) is 1. The maximum atomic E-state index is 11.4. The largest absolute Gasteiger partial charge is 0.295 e. The molecule has 0 atom stereocenters. The van der Waals surface area contributed by atoms with Gasteiger partial charge in [-0.25, -0.2) is 15.8 Å². The van der Waals surface area contributed by atoms with Gasteiger partial charge in [-0.1, -0.05) is 6.07 Å². The molecule has 2 rings (SSSR count). The molecule has 2 aromatic rings. The summed E-state index contributed by atoms with van der Waals surface area (Å²) in [6, 6.07) is 5.33. The molecule has 1 amide bonds. The van der Waals surface area contributed by atoms with Gasteiger partial charge in [-0.3, -0.25) is 15.1 Å². The Hall–Kier alpha value is -1.83. The maximum absolute atomic E-state index is 11.4. The summed E-state index contributed by atoms with van der Waals surface area (Å²) in [6.45, 7) is 3.47. The molecule has 0 radical (unpaired) electrons. The zero-order chi connectivity index (χ0) is 14.5. The third-order valence-corrected chi connectivity index (χ3v) is 3.78. The summed E-state index contributed by atoms with van der Waals surface area (Å²) in [7, 11) is 2.01. The fraction of sp³-hybridized carbons (Fsp3) is 0.308. The predicted molar refractivity (Wildman–Crippen MR) is 77.9 cm³/mol. The van der Waals surface area contributed by atoms with Gasteiger partial charge in [-0.05, 0) is 26.1 Å². The van der Waals surface area contributed by atoms with Gasteiger partial charge in [-0.2, -0.15) is 0 Å². The molecule has 0 aliphatic carbocycles. The first kappa shape index (κ1) is 14.6. The molecule has 0 aliphatic heterocycles. The Balaban J connectivity index is 2.02. The van der Waals surface area contributed by atoms with Crippen LogP contribution in [-0.4, -0.2) is 27.8 Å². The summed E-state index contributed by atoms with van der Waals surface area (Å²) >= 11 is 1.65. The van der Waals surface area contributed by atoms with E-state index in [2.05, 4.69) is 20.3 Å². The third-order valence-electron chi connectivity index (χ3n) is 2.86. The van der Waals surface area contributed by atoms with Gasteiger partial charge >= 0.3 is 0 Å². The van der Waals surface area contributed by atoms with Crippen LogP contribution in [0.2, 0.25) is 0 Å².